The molecule has 4 heteroatoms. The molecule has 0 bridgehead atoms. The predicted molar refractivity (Wildman–Crippen MR) is 78.4 cm³/mol. The fraction of sp³-hybridized carbons (Fsp3) is 0.438. The van der Waals surface area contributed by atoms with Crippen LogP contribution in [0.3, 0.4) is 0 Å². The van der Waals surface area contributed by atoms with Gasteiger partial charge >= 0.3 is 0 Å². The third kappa shape index (κ3) is 3.19. The molecule has 1 unspecified atom stereocenters. The number of likely N-dealkylation sites (tertiary alicyclic amines) is 1. The van der Waals surface area contributed by atoms with Crippen molar-refractivity contribution in [3.05, 3.63) is 34.9 Å². The molecule has 20 heavy (non-hydrogen) atoms. The maximum atomic E-state index is 12.6. The van der Waals surface area contributed by atoms with Gasteiger partial charge in [-0.1, -0.05) is 17.9 Å². The lowest BCUT2D eigenvalue weighted by molar-refractivity contribution is 0.0723. The maximum Gasteiger partial charge on any atom is 0.254 e. The summed E-state index contributed by atoms with van der Waals surface area (Å²) in [5, 5.41) is 0. The molecular formula is C16H20N2O2. The summed E-state index contributed by atoms with van der Waals surface area (Å²) < 4.78 is 5.30. The van der Waals surface area contributed by atoms with E-state index < -0.39 is 0 Å². The summed E-state index contributed by atoms with van der Waals surface area (Å²) in [6.45, 7) is 3.67. The topological polar surface area (TPSA) is 55.6 Å². The van der Waals surface area contributed by atoms with E-state index >= 15 is 0 Å². The number of carbonyl (C=O) groups is 1. The molecule has 1 fully saturated rings. The van der Waals surface area contributed by atoms with E-state index in [-0.39, 0.29) is 12.0 Å². The van der Waals surface area contributed by atoms with Gasteiger partial charge in [-0.15, -0.1) is 0 Å². The van der Waals surface area contributed by atoms with Crippen molar-refractivity contribution in [2.75, 3.05) is 26.7 Å². The smallest absolute Gasteiger partial charge is 0.254 e. The van der Waals surface area contributed by atoms with Crippen LogP contribution in [0.15, 0.2) is 18.2 Å². The maximum absolute atomic E-state index is 12.6. The zero-order chi connectivity index (χ0) is 14.5. The first-order chi connectivity index (χ1) is 9.65. The highest BCUT2D eigenvalue weighted by atomic mass is 16.5. The molecule has 1 saturated heterocycles. The Morgan fingerprint density at radius 2 is 2.35 bits per heavy atom. The normalized spacial score (nSPS) is 17.8. The number of carbonyl (C=O) groups excluding carboxylic acids is 1. The van der Waals surface area contributed by atoms with Crippen LogP contribution in [0.4, 0.5) is 0 Å². The van der Waals surface area contributed by atoms with E-state index in [4.69, 9.17) is 10.5 Å². The third-order valence-electron chi connectivity index (χ3n) is 3.57. The summed E-state index contributed by atoms with van der Waals surface area (Å²) in [5.74, 6) is 5.83. The quantitative estimate of drug-likeness (QED) is 0.822. The summed E-state index contributed by atoms with van der Waals surface area (Å²) in [7, 11) is 1.69. The van der Waals surface area contributed by atoms with Gasteiger partial charge in [0.25, 0.3) is 5.91 Å². The van der Waals surface area contributed by atoms with Crippen molar-refractivity contribution in [1.29, 1.82) is 0 Å². The van der Waals surface area contributed by atoms with Crippen LogP contribution in [0.1, 0.15) is 27.9 Å². The lowest BCUT2D eigenvalue weighted by Gasteiger charge is -2.17. The molecule has 0 saturated carbocycles. The molecule has 2 N–H and O–H groups in total. The number of amides is 1. The molecule has 1 atom stereocenters. The molecule has 1 aromatic carbocycles. The highest BCUT2D eigenvalue weighted by Gasteiger charge is 2.27. The summed E-state index contributed by atoms with van der Waals surface area (Å²) in [5.41, 5.74) is 7.88. The zero-order valence-electron chi connectivity index (χ0n) is 12.0. The summed E-state index contributed by atoms with van der Waals surface area (Å²) >= 11 is 0. The Balaban J connectivity index is 2.21. The molecule has 1 aliphatic heterocycles. The van der Waals surface area contributed by atoms with E-state index in [9.17, 15) is 4.79 Å². The fourth-order valence-corrected chi connectivity index (χ4v) is 2.36. The lowest BCUT2D eigenvalue weighted by atomic mass is 10.0. The molecule has 1 heterocycles. The van der Waals surface area contributed by atoms with Crippen molar-refractivity contribution in [3.63, 3.8) is 0 Å². The van der Waals surface area contributed by atoms with E-state index in [0.717, 1.165) is 24.1 Å². The molecular weight excluding hydrogens is 252 g/mol. The molecule has 1 amide bonds. The predicted octanol–water partition coefficient (Wildman–Crippen LogP) is 1.17. The Hall–Kier alpha value is -1.83. The van der Waals surface area contributed by atoms with Crippen molar-refractivity contribution < 1.29 is 9.53 Å². The van der Waals surface area contributed by atoms with Crippen molar-refractivity contribution in [3.8, 4) is 11.8 Å². The number of ether oxygens (including phenoxy) is 1. The van der Waals surface area contributed by atoms with Crippen LogP contribution < -0.4 is 5.73 Å². The third-order valence-corrected chi connectivity index (χ3v) is 3.57. The zero-order valence-corrected chi connectivity index (χ0v) is 12.0. The van der Waals surface area contributed by atoms with E-state index in [1.807, 2.05) is 30.0 Å². The van der Waals surface area contributed by atoms with Gasteiger partial charge in [0, 0.05) is 31.3 Å². The summed E-state index contributed by atoms with van der Waals surface area (Å²) in [6, 6.07) is 5.69. The lowest BCUT2D eigenvalue weighted by Crippen LogP contribution is -2.30. The van der Waals surface area contributed by atoms with Gasteiger partial charge in [-0.3, -0.25) is 4.79 Å². The molecule has 0 spiro atoms. The van der Waals surface area contributed by atoms with Crippen molar-refractivity contribution >= 4 is 5.91 Å². The average Bonchev–Trinajstić information content (AvgIpc) is 2.94. The molecule has 106 valence electrons. The summed E-state index contributed by atoms with van der Waals surface area (Å²) in [4.78, 5) is 14.4. The Bertz CT molecular complexity index is 557. The standard InChI is InChI=1S/C16H20N2O2/c1-12-5-6-13(4-3-8-17)10-15(12)16(19)18-9-7-14(11-18)20-2/h5-6,10,14H,7-9,11,17H2,1-2H3. The van der Waals surface area contributed by atoms with Gasteiger partial charge in [0.15, 0.2) is 0 Å². The van der Waals surface area contributed by atoms with Crippen LogP contribution in [0.2, 0.25) is 0 Å². The van der Waals surface area contributed by atoms with Crippen molar-refractivity contribution in [2.24, 2.45) is 5.73 Å². The van der Waals surface area contributed by atoms with Gasteiger partial charge < -0.3 is 15.4 Å². The van der Waals surface area contributed by atoms with Gasteiger partial charge in [0.2, 0.25) is 0 Å². The molecule has 0 radical (unpaired) electrons. The second kappa shape index (κ2) is 6.56. The molecule has 0 aromatic heterocycles. The minimum absolute atomic E-state index is 0.0541. The Kier molecular flexibility index (Phi) is 4.78. The molecule has 4 nitrogen and oxygen atoms in total. The number of hydrogen-bond acceptors (Lipinski definition) is 3. The van der Waals surface area contributed by atoms with Crippen molar-refractivity contribution in [2.45, 2.75) is 19.4 Å². The Morgan fingerprint density at radius 3 is 3.00 bits per heavy atom. The van der Waals surface area contributed by atoms with Gasteiger partial charge in [0.05, 0.1) is 12.6 Å². The first kappa shape index (κ1) is 14.6. The monoisotopic (exact) mass is 272 g/mol. The molecule has 0 aliphatic carbocycles. The Labute approximate surface area is 119 Å². The average molecular weight is 272 g/mol. The van der Waals surface area contributed by atoms with Crippen LogP contribution in [0.5, 0.6) is 0 Å². The number of benzene rings is 1. The summed E-state index contributed by atoms with van der Waals surface area (Å²) in [6.07, 6.45) is 1.05. The van der Waals surface area contributed by atoms with Gasteiger partial charge in [-0.05, 0) is 31.0 Å². The highest BCUT2D eigenvalue weighted by Crippen LogP contribution is 2.18. The van der Waals surface area contributed by atoms with Gasteiger partial charge in [-0.2, -0.15) is 0 Å². The van der Waals surface area contributed by atoms with E-state index in [1.54, 1.807) is 7.11 Å². The number of nitrogens with zero attached hydrogens (tertiary/aromatic N) is 1. The minimum atomic E-state index is 0.0541. The first-order valence-electron chi connectivity index (χ1n) is 6.77. The van der Waals surface area contributed by atoms with Gasteiger partial charge in [0.1, 0.15) is 0 Å². The molecule has 1 aromatic rings. The SMILES string of the molecule is COC1CCN(C(=O)c2cc(C#CCN)ccc2C)C1. The van der Waals surface area contributed by atoms with Gasteiger partial charge in [-0.25, -0.2) is 0 Å². The molecule has 2 rings (SSSR count). The number of aryl methyl sites for hydroxylation is 1. The van der Waals surface area contributed by atoms with Crippen LogP contribution in [0.25, 0.3) is 0 Å². The first-order valence-corrected chi connectivity index (χ1v) is 6.77. The fourth-order valence-electron chi connectivity index (χ4n) is 2.36. The molecule has 1 aliphatic rings. The second-order valence-corrected chi connectivity index (χ2v) is 4.93. The van der Waals surface area contributed by atoms with Crippen LogP contribution >= 0.6 is 0 Å². The number of hydrogen-bond donors (Lipinski definition) is 1. The second-order valence-electron chi connectivity index (χ2n) is 4.93. The largest absolute Gasteiger partial charge is 0.380 e. The minimum Gasteiger partial charge on any atom is -0.380 e. The van der Waals surface area contributed by atoms with Crippen LogP contribution in [-0.4, -0.2) is 43.7 Å². The highest BCUT2D eigenvalue weighted by molar-refractivity contribution is 5.96. The number of nitrogens with two attached hydrogens (primary N) is 1. The van der Waals surface area contributed by atoms with Crippen molar-refractivity contribution in [1.82, 2.24) is 4.90 Å². The number of rotatable bonds is 2. The van der Waals surface area contributed by atoms with E-state index in [1.165, 1.54) is 0 Å². The number of methoxy groups -OCH3 is 1. The van der Waals surface area contributed by atoms with Crippen LogP contribution in [0, 0.1) is 18.8 Å². The Morgan fingerprint density at radius 1 is 1.55 bits per heavy atom. The van der Waals surface area contributed by atoms with E-state index in [2.05, 4.69) is 11.8 Å². The van der Waals surface area contributed by atoms with E-state index in [0.29, 0.717) is 18.7 Å². The van der Waals surface area contributed by atoms with Crippen LogP contribution in [-0.2, 0) is 4.74 Å².